The highest BCUT2D eigenvalue weighted by Gasteiger charge is 2.16. The number of nitrogens with zero attached hydrogens (tertiary/aromatic N) is 1. The van der Waals surface area contributed by atoms with E-state index >= 15 is 0 Å². The number of carbonyl (C=O) groups is 2. The number of benzene rings is 2. The van der Waals surface area contributed by atoms with Gasteiger partial charge >= 0.3 is 6.03 Å². The van der Waals surface area contributed by atoms with Crippen molar-refractivity contribution in [2.75, 3.05) is 0 Å². The van der Waals surface area contributed by atoms with Crippen molar-refractivity contribution in [3.8, 4) is 10.6 Å². The van der Waals surface area contributed by atoms with Crippen molar-refractivity contribution in [2.45, 2.75) is 26.2 Å². The quantitative estimate of drug-likeness (QED) is 0.481. The van der Waals surface area contributed by atoms with E-state index < -0.39 is 6.03 Å². The molecule has 0 aliphatic carbocycles. The molecular formula is C24H22N2O2S. The number of fused-ring (bicyclic) bond motifs is 1. The topological polar surface area (TPSA) is 65.1 Å². The number of hydrogen-bond acceptors (Lipinski definition) is 3. The number of ketones is 1. The molecule has 0 saturated heterocycles. The first kappa shape index (κ1) is 19.2. The van der Waals surface area contributed by atoms with Gasteiger partial charge in [0.05, 0.1) is 16.1 Å². The molecule has 0 aliphatic rings. The van der Waals surface area contributed by atoms with Gasteiger partial charge in [0.15, 0.2) is 0 Å². The normalized spacial score (nSPS) is 11.1. The summed E-state index contributed by atoms with van der Waals surface area (Å²) >= 11 is 1.52. The smallest absolute Gasteiger partial charge is 0.323 e. The molecule has 29 heavy (non-hydrogen) atoms. The van der Waals surface area contributed by atoms with Crippen molar-refractivity contribution in [1.82, 2.24) is 4.57 Å². The van der Waals surface area contributed by atoms with Gasteiger partial charge in [-0.25, -0.2) is 4.79 Å². The van der Waals surface area contributed by atoms with Crippen molar-refractivity contribution in [3.63, 3.8) is 0 Å². The van der Waals surface area contributed by atoms with Crippen LogP contribution in [0, 0.1) is 0 Å². The van der Waals surface area contributed by atoms with Crippen LogP contribution >= 0.6 is 11.3 Å². The maximum absolute atomic E-state index is 12.6. The number of carbonyl (C=O) groups excluding carboxylic acids is 2. The van der Waals surface area contributed by atoms with E-state index in [1.165, 1.54) is 21.5 Å². The highest BCUT2D eigenvalue weighted by molar-refractivity contribution is 7.13. The van der Waals surface area contributed by atoms with E-state index in [0.29, 0.717) is 12.8 Å². The number of primary amides is 1. The summed E-state index contributed by atoms with van der Waals surface area (Å²) in [6, 6.07) is 19.3. The van der Waals surface area contributed by atoms with Gasteiger partial charge in [0, 0.05) is 18.2 Å². The van der Waals surface area contributed by atoms with Crippen LogP contribution in [0.5, 0.6) is 0 Å². The first-order valence-corrected chi connectivity index (χ1v) is 10.5. The van der Waals surface area contributed by atoms with Crippen LogP contribution in [0.25, 0.3) is 21.5 Å². The molecule has 0 saturated carbocycles. The molecule has 4 aromatic rings. The van der Waals surface area contributed by atoms with Gasteiger partial charge in [0.2, 0.25) is 0 Å². The maximum atomic E-state index is 12.6. The standard InChI is InChI=1S/C24H22N2O2S/c1-2-16-6-5-7-17(10-16)11-20(27)12-18-13-23(29-15-18)22-14-19-8-3-4-9-21(19)26(22)24(25)28/h3-10,13-15H,2,11-12H2,1H3,(H2,25,28). The summed E-state index contributed by atoms with van der Waals surface area (Å²) in [5.41, 5.74) is 10.4. The lowest BCUT2D eigenvalue weighted by Crippen LogP contribution is -2.19. The van der Waals surface area contributed by atoms with E-state index in [-0.39, 0.29) is 5.78 Å². The van der Waals surface area contributed by atoms with E-state index in [2.05, 4.69) is 19.1 Å². The van der Waals surface area contributed by atoms with Gasteiger partial charge < -0.3 is 5.73 Å². The van der Waals surface area contributed by atoms with Gasteiger partial charge in [-0.3, -0.25) is 9.36 Å². The fraction of sp³-hybridized carbons (Fsp3) is 0.167. The summed E-state index contributed by atoms with van der Waals surface area (Å²) in [6.07, 6.45) is 1.77. The molecule has 146 valence electrons. The molecule has 0 aliphatic heterocycles. The Morgan fingerprint density at radius 2 is 1.69 bits per heavy atom. The number of nitrogens with two attached hydrogens (primary N) is 1. The Balaban J connectivity index is 1.56. The Morgan fingerprint density at radius 3 is 2.48 bits per heavy atom. The first-order valence-electron chi connectivity index (χ1n) is 9.62. The number of rotatable bonds is 6. The molecule has 1 amide bonds. The Morgan fingerprint density at radius 1 is 0.931 bits per heavy atom. The fourth-order valence-corrected chi connectivity index (χ4v) is 4.57. The van der Waals surface area contributed by atoms with Gasteiger partial charge in [0.25, 0.3) is 0 Å². The van der Waals surface area contributed by atoms with E-state index in [0.717, 1.165) is 39.0 Å². The van der Waals surface area contributed by atoms with E-state index in [4.69, 9.17) is 5.73 Å². The minimum atomic E-state index is -0.511. The Labute approximate surface area is 173 Å². The van der Waals surface area contributed by atoms with Crippen LogP contribution < -0.4 is 5.73 Å². The molecule has 0 fully saturated rings. The minimum absolute atomic E-state index is 0.179. The third-order valence-electron chi connectivity index (χ3n) is 5.04. The second kappa shape index (κ2) is 8.05. The minimum Gasteiger partial charge on any atom is -0.351 e. The average Bonchev–Trinajstić information content (AvgIpc) is 3.32. The number of para-hydroxylation sites is 1. The van der Waals surface area contributed by atoms with Crippen LogP contribution in [-0.2, 0) is 24.1 Å². The van der Waals surface area contributed by atoms with Gasteiger partial charge in [-0.15, -0.1) is 11.3 Å². The predicted octanol–water partition coefficient (Wildman–Crippen LogP) is 5.21. The predicted molar refractivity (Wildman–Crippen MR) is 118 cm³/mol. The molecule has 0 bridgehead atoms. The number of hydrogen-bond donors (Lipinski definition) is 1. The molecule has 2 aromatic carbocycles. The lowest BCUT2D eigenvalue weighted by Gasteiger charge is -2.04. The number of aryl methyl sites for hydroxylation is 1. The third-order valence-corrected chi connectivity index (χ3v) is 6.04. The van der Waals surface area contributed by atoms with Gasteiger partial charge in [0.1, 0.15) is 5.78 Å². The number of thiophene rings is 1. The Hall–Kier alpha value is -3.18. The zero-order chi connectivity index (χ0) is 20.4. The lowest BCUT2D eigenvalue weighted by molar-refractivity contribution is -0.117. The molecule has 0 radical (unpaired) electrons. The van der Waals surface area contributed by atoms with Gasteiger partial charge in [-0.1, -0.05) is 49.4 Å². The van der Waals surface area contributed by atoms with E-state index in [1.54, 1.807) is 0 Å². The van der Waals surface area contributed by atoms with Crippen molar-refractivity contribution >= 4 is 34.1 Å². The molecular weight excluding hydrogens is 380 g/mol. The maximum Gasteiger partial charge on any atom is 0.323 e. The highest BCUT2D eigenvalue weighted by Crippen LogP contribution is 2.32. The van der Waals surface area contributed by atoms with Crippen molar-refractivity contribution in [1.29, 1.82) is 0 Å². The van der Waals surface area contributed by atoms with Crippen molar-refractivity contribution in [2.24, 2.45) is 5.73 Å². The summed E-state index contributed by atoms with van der Waals surface area (Å²) in [4.78, 5) is 25.5. The highest BCUT2D eigenvalue weighted by atomic mass is 32.1. The molecule has 2 heterocycles. The molecule has 0 unspecified atom stereocenters. The second-order valence-corrected chi connectivity index (χ2v) is 8.06. The Bertz CT molecular complexity index is 1200. The van der Waals surface area contributed by atoms with Gasteiger partial charge in [-0.2, -0.15) is 0 Å². The second-order valence-electron chi connectivity index (χ2n) is 7.15. The van der Waals surface area contributed by atoms with Crippen LogP contribution in [-0.4, -0.2) is 16.4 Å². The summed E-state index contributed by atoms with van der Waals surface area (Å²) in [7, 11) is 0. The van der Waals surface area contributed by atoms with E-state index in [9.17, 15) is 9.59 Å². The summed E-state index contributed by atoms with van der Waals surface area (Å²) < 4.78 is 1.53. The number of aromatic nitrogens is 1. The molecule has 5 heteroatoms. The largest absolute Gasteiger partial charge is 0.351 e. The molecule has 0 spiro atoms. The molecule has 4 nitrogen and oxygen atoms in total. The van der Waals surface area contributed by atoms with Crippen LogP contribution in [0.3, 0.4) is 0 Å². The number of Topliss-reactive ketones (excluding diaryl/α,β-unsaturated/α-hetero) is 1. The monoisotopic (exact) mass is 402 g/mol. The van der Waals surface area contributed by atoms with Crippen molar-refractivity contribution in [3.05, 3.63) is 82.7 Å². The Kier molecular flexibility index (Phi) is 5.32. The molecule has 0 atom stereocenters. The van der Waals surface area contributed by atoms with Crippen LogP contribution in [0.15, 0.2) is 66.0 Å². The van der Waals surface area contributed by atoms with Crippen LogP contribution in [0.1, 0.15) is 23.6 Å². The summed E-state index contributed by atoms with van der Waals surface area (Å²) in [5, 5.41) is 2.95. The van der Waals surface area contributed by atoms with Crippen LogP contribution in [0.2, 0.25) is 0 Å². The average molecular weight is 403 g/mol. The van der Waals surface area contributed by atoms with Crippen LogP contribution in [0.4, 0.5) is 4.79 Å². The lowest BCUT2D eigenvalue weighted by atomic mass is 10.0. The summed E-state index contributed by atoms with van der Waals surface area (Å²) in [5.74, 6) is 0.179. The first-order chi connectivity index (χ1) is 14.0. The summed E-state index contributed by atoms with van der Waals surface area (Å²) in [6.45, 7) is 2.11. The zero-order valence-corrected chi connectivity index (χ0v) is 17.0. The van der Waals surface area contributed by atoms with E-state index in [1.807, 2.05) is 53.9 Å². The molecule has 4 rings (SSSR count). The third kappa shape index (κ3) is 4.00. The fourth-order valence-electron chi connectivity index (χ4n) is 3.65. The SMILES string of the molecule is CCc1cccc(CC(=O)Cc2csc(-c3cc4ccccc4n3C(N)=O)c2)c1. The zero-order valence-electron chi connectivity index (χ0n) is 16.2. The molecule has 2 N–H and O–H groups in total. The molecule has 2 aromatic heterocycles. The number of amides is 1. The van der Waals surface area contributed by atoms with Gasteiger partial charge in [-0.05, 0) is 46.7 Å². The van der Waals surface area contributed by atoms with Crippen molar-refractivity contribution < 1.29 is 9.59 Å².